The number of aliphatic carboxylic acids is 1. The molecule has 0 spiro atoms. The van der Waals surface area contributed by atoms with Crippen LogP contribution in [0, 0.1) is 0 Å². The van der Waals surface area contributed by atoms with Crippen LogP contribution in [0.3, 0.4) is 0 Å². The van der Waals surface area contributed by atoms with Gasteiger partial charge in [0.1, 0.15) is 11.8 Å². The van der Waals surface area contributed by atoms with Crippen LogP contribution in [0.4, 0.5) is 0 Å². The molecule has 0 aromatic heterocycles. The summed E-state index contributed by atoms with van der Waals surface area (Å²) in [6.07, 6.45) is 0.358. The third-order valence-electron chi connectivity index (χ3n) is 2.68. The number of fused-ring (bicyclic) bond motifs is 2. The molecule has 0 radical (unpaired) electrons. The van der Waals surface area contributed by atoms with Crippen LogP contribution >= 0.6 is 0 Å². The van der Waals surface area contributed by atoms with E-state index in [0.717, 1.165) is 4.90 Å². The molecular weight excluding hydrogens is 210 g/mol. The Hall–Kier alpha value is -1.11. The number of sulfone groups is 1. The molecule has 2 bridgehead atoms. The average molecular weight is 219 g/mol. The van der Waals surface area contributed by atoms with E-state index in [1.165, 1.54) is 0 Å². The van der Waals surface area contributed by atoms with Crippen molar-refractivity contribution in [2.45, 2.75) is 16.9 Å². The molecule has 0 aromatic carbocycles. The van der Waals surface area contributed by atoms with E-state index in [0.29, 0.717) is 6.42 Å². The van der Waals surface area contributed by atoms with Gasteiger partial charge in [0.05, 0.1) is 5.25 Å². The SMILES string of the molecule is O=C(O)CN1CC2CC(C1=O)S2(=O)=O. The number of carbonyl (C=O) groups excluding carboxylic acids is 1. The summed E-state index contributed by atoms with van der Waals surface area (Å²) in [6, 6.07) is 0. The van der Waals surface area contributed by atoms with E-state index in [9.17, 15) is 18.0 Å². The fourth-order valence-corrected chi connectivity index (χ4v) is 3.77. The zero-order valence-corrected chi connectivity index (χ0v) is 8.03. The molecule has 3 heterocycles. The summed E-state index contributed by atoms with van der Waals surface area (Å²) in [5, 5.41) is 6.96. The third kappa shape index (κ3) is 1.12. The Bertz CT molecular complexity index is 400. The lowest BCUT2D eigenvalue weighted by Crippen LogP contribution is -2.65. The highest BCUT2D eigenvalue weighted by Crippen LogP contribution is 2.35. The first-order chi connectivity index (χ1) is 6.43. The van der Waals surface area contributed by atoms with E-state index < -0.39 is 38.8 Å². The second kappa shape index (κ2) is 2.69. The maximum Gasteiger partial charge on any atom is 0.323 e. The molecule has 78 valence electrons. The van der Waals surface area contributed by atoms with Crippen molar-refractivity contribution in [2.24, 2.45) is 0 Å². The summed E-state index contributed by atoms with van der Waals surface area (Å²) >= 11 is 0. The number of rotatable bonds is 2. The lowest BCUT2D eigenvalue weighted by atomic mass is 10.1. The van der Waals surface area contributed by atoms with Gasteiger partial charge in [-0.05, 0) is 6.42 Å². The van der Waals surface area contributed by atoms with Crippen molar-refractivity contribution in [1.29, 1.82) is 0 Å². The van der Waals surface area contributed by atoms with Gasteiger partial charge in [-0.15, -0.1) is 0 Å². The molecular formula is C7H9NO5S. The summed E-state index contributed by atoms with van der Waals surface area (Å²) in [6.45, 7) is -0.370. The average Bonchev–Trinajstić information content (AvgIpc) is 2.06. The summed E-state index contributed by atoms with van der Waals surface area (Å²) in [5.41, 5.74) is 0. The molecule has 2 unspecified atom stereocenters. The molecule has 0 aliphatic carbocycles. The van der Waals surface area contributed by atoms with Crippen LogP contribution in [-0.2, 0) is 19.4 Å². The summed E-state index contributed by atoms with van der Waals surface area (Å²) < 4.78 is 22.6. The van der Waals surface area contributed by atoms with E-state index in [1.54, 1.807) is 0 Å². The van der Waals surface area contributed by atoms with Gasteiger partial charge in [0.15, 0.2) is 9.84 Å². The second-order valence-corrected chi connectivity index (χ2v) is 5.96. The number of carbonyl (C=O) groups is 2. The predicted molar refractivity (Wildman–Crippen MR) is 45.3 cm³/mol. The number of carboxylic acid groups (broad SMARTS) is 1. The quantitative estimate of drug-likeness (QED) is 0.608. The van der Waals surface area contributed by atoms with Gasteiger partial charge in [-0.3, -0.25) is 9.59 Å². The maximum absolute atomic E-state index is 11.4. The van der Waals surface area contributed by atoms with Crippen molar-refractivity contribution < 1.29 is 23.1 Å². The van der Waals surface area contributed by atoms with Crippen molar-refractivity contribution >= 4 is 21.7 Å². The van der Waals surface area contributed by atoms with Crippen LogP contribution in [0.1, 0.15) is 6.42 Å². The summed E-state index contributed by atoms with van der Waals surface area (Å²) in [5.74, 6) is -1.67. The number of carboxylic acids is 1. The van der Waals surface area contributed by atoms with Gasteiger partial charge in [-0.25, -0.2) is 8.42 Å². The minimum atomic E-state index is -3.27. The van der Waals surface area contributed by atoms with Crippen molar-refractivity contribution in [3.05, 3.63) is 0 Å². The molecule has 1 N–H and O–H groups in total. The third-order valence-corrected chi connectivity index (χ3v) is 5.13. The van der Waals surface area contributed by atoms with E-state index in [4.69, 9.17) is 5.11 Å². The zero-order valence-electron chi connectivity index (χ0n) is 7.21. The summed E-state index contributed by atoms with van der Waals surface area (Å²) in [4.78, 5) is 22.8. The lowest BCUT2D eigenvalue weighted by molar-refractivity contribution is -0.145. The molecule has 0 saturated carbocycles. The van der Waals surface area contributed by atoms with Crippen LogP contribution < -0.4 is 0 Å². The van der Waals surface area contributed by atoms with Gasteiger partial charge in [0, 0.05) is 6.54 Å². The van der Waals surface area contributed by atoms with Crippen LogP contribution in [0.2, 0.25) is 0 Å². The van der Waals surface area contributed by atoms with Crippen LogP contribution in [0.5, 0.6) is 0 Å². The van der Waals surface area contributed by atoms with Gasteiger partial charge in [-0.2, -0.15) is 0 Å². The van der Waals surface area contributed by atoms with Crippen molar-refractivity contribution in [3.8, 4) is 0 Å². The van der Waals surface area contributed by atoms with Crippen molar-refractivity contribution in [1.82, 2.24) is 4.90 Å². The molecule has 3 aliphatic rings. The first kappa shape index (κ1) is 9.45. The molecule has 2 atom stereocenters. The normalized spacial score (nSPS) is 33.7. The Morgan fingerprint density at radius 2 is 2.21 bits per heavy atom. The van der Waals surface area contributed by atoms with Gasteiger partial charge < -0.3 is 10.0 Å². The fraction of sp³-hybridized carbons (Fsp3) is 0.714. The van der Waals surface area contributed by atoms with E-state index in [-0.39, 0.29) is 6.54 Å². The first-order valence-corrected chi connectivity index (χ1v) is 5.77. The fourth-order valence-electron chi connectivity index (χ4n) is 1.88. The Morgan fingerprint density at radius 3 is 2.64 bits per heavy atom. The Balaban J connectivity index is 2.16. The van der Waals surface area contributed by atoms with Crippen molar-refractivity contribution in [3.63, 3.8) is 0 Å². The molecule has 6 nitrogen and oxygen atoms in total. The number of amides is 1. The minimum Gasteiger partial charge on any atom is -0.480 e. The van der Waals surface area contributed by atoms with Crippen LogP contribution in [-0.4, -0.2) is 53.9 Å². The highest BCUT2D eigenvalue weighted by Gasteiger charge is 2.57. The Kier molecular flexibility index (Phi) is 1.82. The first-order valence-electron chi connectivity index (χ1n) is 4.16. The Labute approximate surface area is 80.4 Å². The molecule has 1 amide bonds. The molecule has 0 aromatic rings. The molecule has 3 aliphatic heterocycles. The molecule has 7 heteroatoms. The van der Waals surface area contributed by atoms with Gasteiger partial charge in [-0.1, -0.05) is 0 Å². The van der Waals surface area contributed by atoms with E-state index >= 15 is 0 Å². The zero-order chi connectivity index (χ0) is 10.5. The standard InChI is InChI=1S/C7H9NO5S/c9-6(10)3-8-2-4-1-5(7(8)11)14(4,12)13/h4-5H,1-3H2,(H,9,10). The monoisotopic (exact) mass is 219 g/mol. The smallest absolute Gasteiger partial charge is 0.323 e. The molecule has 3 rings (SSSR count). The molecule has 3 saturated heterocycles. The van der Waals surface area contributed by atoms with Gasteiger partial charge in [0.2, 0.25) is 5.91 Å². The van der Waals surface area contributed by atoms with E-state index in [2.05, 4.69) is 0 Å². The highest BCUT2D eigenvalue weighted by molar-refractivity contribution is 7.95. The van der Waals surface area contributed by atoms with Crippen molar-refractivity contribution in [2.75, 3.05) is 13.1 Å². The number of hydrogen-bond donors (Lipinski definition) is 1. The second-order valence-electron chi connectivity index (χ2n) is 3.55. The number of nitrogens with zero attached hydrogens (tertiary/aromatic N) is 1. The molecule has 14 heavy (non-hydrogen) atoms. The highest BCUT2D eigenvalue weighted by atomic mass is 32.2. The predicted octanol–water partition coefficient (Wildman–Crippen LogP) is -1.53. The topological polar surface area (TPSA) is 91.8 Å². The largest absolute Gasteiger partial charge is 0.480 e. The van der Waals surface area contributed by atoms with Gasteiger partial charge in [0.25, 0.3) is 0 Å². The minimum absolute atomic E-state index is 0.0317. The number of hydrogen-bond acceptors (Lipinski definition) is 4. The van der Waals surface area contributed by atoms with Crippen LogP contribution in [0.25, 0.3) is 0 Å². The van der Waals surface area contributed by atoms with Gasteiger partial charge >= 0.3 is 5.97 Å². The van der Waals surface area contributed by atoms with Crippen LogP contribution in [0.15, 0.2) is 0 Å². The summed E-state index contributed by atoms with van der Waals surface area (Å²) in [7, 11) is -3.27. The maximum atomic E-state index is 11.4. The lowest BCUT2D eigenvalue weighted by Gasteiger charge is -2.44. The number of piperidine rings is 1. The Morgan fingerprint density at radius 1 is 1.57 bits per heavy atom. The van der Waals surface area contributed by atoms with E-state index in [1.807, 2.05) is 0 Å². The molecule has 3 fully saturated rings.